The molecule has 1 aromatic heterocycles. The van der Waals surface area contributed by atoms with E-state index in [1.165, 1.54) is 0 Å². The summed E-state index contributed by atoms with van der Waals surface area (Å²) in [6.07, 6.45) is 1.06. The SMILES string of the molecule is CCOc1cccc(COc2ncc(F)c(NNc3ccccc3)n2)c1. The highest BCUT2D eigenvalue weighted by Gasteiger charge is 2.08. The summed E-state index contributed by atoms with van der Waals surface area (Å²) in [5.41, 5.74) is 7.27. The van der Waals surface area contributed by atoms with Gasteiger partial charge in [0.1, 0.15) is 12.4 Å². The van der Waals surface area contributed by atoms with Gasteiger partial charge in [0.15, 0.2) is 11.6 Å². The van der Waals surface area contributed by atoms with Crippen LogP contribution in [-0.2, 0) is 6.61 Å². The van der Waals surface area contributed by atoms with E-state index in [0.717, 1.165) is 23.2 Å². The largest absolute Gasteiger partial charge is 0.494 e. The van der Waals surface area contributed by atoms with Crippen LogP contribution in [0.3, 0.4) is 0 Å². The number of nitrogens with one attached hydrogen (secondary N) is 2. The Labute approximate surface area is 151 Å². The molecule has 26 heavy (non-hydrogen) atoms. The van der Waals surface area contributed by atoms with Crippen LogP contribution in [0.25, 0.3) is 0 Å². The zero-order chi connectivity index (χ0) is 18.2. The summed E-state index contributed by atoms with van der Waals surface area (Å²) in [4.78, 5) is 7.91. The third-order valence-electron chi connectivity index (χ3n) is 3.40. The summed E-state index contributed by atoms with van der Waals surface area (Å²) in [6.45, 7) is 2.76. The van der Waals surface area contributed by atoms with E-state index in [9.17, 15) is 4.39 Å². The molecule has 6 nitrogen and oxygen atoms in total. The number of rotatable bonds is 8. The normalized spacial score (nSPS) is 10.2. The molecule has 0 aliphatic carbocycles. The first-order valence-corrected chi connectivity index (χ1v) is 8.18. The van der Waals surface area contributed by atoms with Gasteiger partial charge in [-0.1, -0.05) is 30.3 Å². The third kappa shape index (κ3) is 4.83. The number of para-hydroxylation sites is 1. The summed E-state index contributed by atoms with van der Waals surface area (Å²) in [5.74, 6) is 0.184. The first-order valence-electron chi connectivity index (χ1n) is 8.18. The average Bonchev–Trinajstić information content (AvgIpc) is 2.68. The maximum atomic E-state index is 13.9. The van der Waals surface area contributed by atoms with Crippen LogP contribution in [0.1, 0.15) is 12.5 Å². The topological polar surface area (TPSA) is 68.3 Å². The zero-order valence-electron chi connectivity index (χ0n) is 14.3. The van der Waals surface area contributed by atoms with Crippen molar-refractivity contribution in [2.24, 2.45) is 0 Å². The molecule has 0 saturated heterocycles. The summed E-state index contributed by atoms with van der Waals surface area (Å²) >= 11 is 0. The molecular formula is C19H19FN4O2. The molecule has 0 aliphatic rings. The Balaban J connectivity index is 1.62. The Morgan fingerprint density at radius 3 is 2.65 bits per heavy atom. The summed E-state index contributed by atoms with van der Waals surface area (Å²) in [5, 5.41) is 0. The lowest BCUT2D eigenvalue weighted by atomic mass is 10.2. The van der Waals surface area contributed by atoms with E-state index in [1.807, 2.05) is 61.5 Å². The molecular weight excluding hydrogens is 335 g/mol. The van der Waals surface area contributed by atoms with E-state index in [2.05, 4.69) is 20.8 Å². The highest BCUT2D eigenvalue weighted by atomic mass is 19.1. The van der Waals surface area contributed by atoms with Gasteiger partial charge in [-0.25, -0.2) is 9.37 Å². The molecule has 2 N–H and O–H groups in total. The minimum absolute atomic E-state index is 0.00178. The van der Waals surface area contributed by atoms with Crippen molar-refractivity contribution in [2.45, 2.75) is 13.5 Å². The molecule has 0 radical (unpaired) electrons. The van der Waals surface area contributed by atoms with Crippen molar-refractivity contribution in [1.29, 1.82) is 0 Å². The van der Waals surface area contributed by atoms with Crippen LogP contribution in [0.5, 0.6) is 11.8 Å². The van der Waals surface area contributed by atoms with Gasteiger partial charge >= 0.3 is 6.01 Å². The Morgan fingerprint density at radius 1 is 1.00 bits per heavy atom. The zero-order valence-corrected chi connectivity index (χ0v) is 14.3. The van der Waals surface area contributed by atoms with Crippen LogP contribution in [0.4, 0.5) is 15.9 Å². The molecule has 0 atom stereocenters. The minimum Gasteiger partial charge on any atom is -0.494 e. The van der Waals surface area contributed by atoms with E-state index in [0.29, 0.717) is 6.61 Å². The molecule has 0 aliphatic heterocycles. The number of anilines is 2. The number of nitrogens with zero attached hydrogens (tertiary/aromatic N) is 2. The van der Waals surface area contributed by atoms with E-state index in [1.54, 1.807) is 0 Å². The Hall–Kier alpha value is -3.35. The van der Waals surface area contributed by atoms with E-state index in [4.69, 9.17) is 9.47 Å². The fourth-order valence-corrected chi connectivity index (χ4v) is 2.20. The lowest BCUT2D eigenvalue weighted by molar-refractivity contribution is 0.278. The van der Waals surface area contributed by atoms with Gasteiger partial charge in [-0.05, 0) is 36.8 Å². The molecule has 1 heterocycles. The van der Waals surface area contributed by atoms with Crippen LogP contribution in [0, 0.1) is 5.82 Å². The van der Waals surface area contributed by atoms with Crippen LogP contribution in [0.2, 0.25) is 0 Å². The first-order chi connectivity index (χ1) is 12.7. The quantitative estimate of drug-likeness (QED) is 0.595. The fourth-order valence-electron chi connectivity index (χ4n) is 2.20. The molecule has 7 heteroatoms. The molecule has 0 bridgehead atoms. The Bertz CT molecular complexity index is 846. The summed E-state index contributed by atoms with van der Waals surface area (Å²) in [6, 6.07) is 16.9. The minimum atomic E-state index is -0.584. The van der Waals surface area contributed by atoms with Gasteiger partial charge in [0, 0.05) is 0 Å². The van der Waals surface area contributed by atoms with E-state index < -0.39 is 5.82 Å². The number of hydrogen-bond acceptors (Lipinski definition) is 6. The number of ether oxygens (including phenoxy) is 2. The summed E-state index contributed by atoms with van der Waals surface area (Å²) < 4.78 is 24.9. The molecule has 2 aromatic carbocycles. The highest BCUT2D eigenvalue weighted by Crippen LogP contribution is 2.17. The van der Waals surface area contributed by atoms with Crippen LogP contribution in [0.15, 0.2) is 60.8 Å². The summed E-state index contributed by atoms with van der Waals surface area (Å²) in [7, 11) is 0. The third-order valence-corrected chi connectivity index (χ3v) is 3.40. The monoisotopic (exact) mass is 354 g/mol. The van der Waals surface area contributed by atoms with Crippen molar-refractivity contribution in [3.63, 3.8) is 0 Å². The maximum Gasteiger partial charge on any atom is 0.318 e. The number of halogens is 1. The van der Waals surface area contributed by atoms with Crippen molar-refractivity contribution in [2.75, 3.05) is 17.5 Å². The Kier molecular flexibility index (Phi) is 5.82. The fraction of sp³-hybridized carbons (Fsp3) is 0.158. The van der Waals surface area contributed by atoms with Gasteiger partial charge in [-0.3, -0.25) is 10.9 Å². The molecule has 134 valence electrons. The number of hydrogen-bond donors (Lipinski definition) is 2. The lowest BCUT2D eigenvalue weighted by Crippen LogP contribution is -2.12. The molecule has 0 amide bonds. The second kappa shape index (κ2) is 8.66. The van der Waals surface area contributed by atoms with Crippen LogP contribution < -0.4 is 20.3 Å². The highest BCUT2D eigenvalue weighted by molar-refractivity contribution is 5.49. The van der Waals surface area contributed by atoms with Gasteiger partial charge in [0.2, 0.25) is 0 Å². The van der Waals surface area contributed by atoms with Crippen molar-refractivity contribution < 1.29 is 13.9 Å². The smallest absolute Gasteiger partial charge is 0.318 e. The number of hydrazine groups is 1. The van der Waals surface area contributed by atoms with E-state index in [-0.39, 0.29) is 18.4 Å². The molecule has 3 rings (SSSR count). The number of benzene rings is 2. The molecule has 0 spiro atoms. The van der Waals surface area contributed by atoms with Crippen LogP contribution in [-0.4, -0.2) is 16.6 Å². The Morgan fingerprint density at radius 2 is 1.85 bits per heavy atom. The van der Waals surface area contributed by atoms with Crippen molar-refractivity contribution in [3.8, 4) is 11.8 Å². The first kappa shape index (κ1) is 17.5. The lowest BCUT2D eigenvalue weighted by Gasteiger charge is -2.11. The molecule has 0 fully saturated rings. The number of aromatic nitrogens is 2. The maximum absolute atomic E-state index is 13.9. The standard InChI is InChI=1S/C19H19FN4O2/c1-2-25-16-10-6-7-14(11-16)13-26-19-21-12-17(20)18(22-19)24-23-15-8-4-3-5-9-15/h3-12,23H,2,13H2,1H3,(H,21,22,24). The van der Waals surface area contributed by atoms with Gasteiger partial charge < -0.3 is 9.47 Å². The van der Waals surface area contributed by atoms with Gasteiger partial charge in [0.25, 0.3) is 0 Å². The second-order valence-electron chi connectivity index (χ2n) is 5.33. The van der Waals surface area contributed by atoms with Gasteiger partial charge in [-0.2, -0.15) is 4.98 Å². The molecule has 0 unspecified atom stereocenters. The average molecular weight is 354 g/mol. The van der Waals surface area contributed by atoms with E-state index >= 15 is 0 Å². The van der Waals surface area contributed by atoms with Gasteiger partial charge in [0.05, 0.1) is 18.5 Å². The van der Waals surface area contributed by atoms with Crippen LogP contribution >= 0.6 is 0 Å². The van der Waals surface area contributed by atoms with Crippen molar-refractivity contribution in [3.05, 3.63) is 72.2 Å². The predicted molar refractivity (Wildman–Crippen MR) is 97.6 cm³/mol. The van der Waals surface area contributed by atoms with Gasteiger partial charge in [-0.15, -0.1) is 0 Å². The molecule has 0 saturated carbocycles. The second-order valence-corrected chi connectivity index (χ2v) is 5.33. The molecule has 3 aromatic rings. The predicted octanol–water partition coefficient (Wildman–Crippen LogP) is 4.03. The van der Waals surface area contributed by atoms with Crippen molar-refractivity contribution >= 4 is 11.5 Å². The van der Waals surface area contributed by atoms with Crippen molar-refractivity contribution in [1.82, 2.24) is 9.97 Å².